The van der Waals surface area contributed by atoms with Gasteiger partial charge in [-0.05, 0) is 50.3 Å². The molecule has 1 fully saturated rings. The number of piperidine rings is 1. The van der Waals surface area contributed by atoms with E-state index >= 15 is 0 Å². The Morgan fingerprint density at radius 3 is 2.41 bits per heavy atom. The number of hydrogen-bond donors (Lipinski definition) is 1. The monoisotopic (exact) mass is 370 g/mol. The number of carbonyl (C=O) groups excluding carboxylic acids is 3. The summed E-state index contributed by atoms with van der Waals surface area (Å²) in [6.45, 7) is 6.73. The van der Waals surface area contributed by atoms with E-state index in [-0.39, 0.29) is 23.8 Å². The lowest BCUT2D eigenvalue weighted by atomic mass is 9.89. The van der Waals surface area contributed by atoms with Crippen molar-refractivity contribution >= 4 is 23.5 Å². The van der Waals surface area contributed by atoms with Crippen molar-refractivity contribution in [2.45, 2.75) is 51.6 Å². The van der Waals surface area contributed by atoms with E-state index in [0.29, 0.717) is 25.9 Å². The van der Waals surface area contributed by atoms with Gasteiger partial charge in [0.15, 0.2) is 0 Å². The van der Waals surface area contributed by atoms with Crippen LogP contribution in [0.2, 0.25) is 0 Å². The molecule has 6 nitrogen and oxygen atoms in total. The summed E-state index contributed by atoms with van der Waals surface area (Å²) in [5, 5.41) is 2.40. The highest BCUT2D eigenvalue weighted by molar-refractivity contribution is 6.00. The van der Waals surface area contributed by atoms with Crippen LogP contribution in [0.25, 0.3) is 5.57 Å². The molecule has 3 amide bonds. The van der Waals surface area contributed by atoms with Gasteiger partial charge in [-0.1, -0.05) is 30.3 Å². The summed E-state index contributed by atoms with van der Waals surface area (Å²) in [5.41, 5.74) is 2.71. The quantitative estimate of drug-likeness (QED) is 0.811. The van der Waals surface area contributed by atoms with Crippen LogP contribution in [0.3, 0.4) is 0 Å². The maximum Gasteiger partial charge on any atom is 0.410 e. The fourth-order valence-electron chi connectivity index (χ4n) is 3.36. The standard InChI is InChI=1S/C21H26N2O4/c1-21(2,3)27-20(26)23-12-10-15(11-13-23)14-4-6-16(7-5-14)17-8-9-18(24)22-19(17)25/h4-7,10,17H,8-9,11-13H2,1-3H3,(H,22,24,25). The lowest BCUT2D eigenvalue weighted by molar-refractivity contribution is -0.134. The normalized spacial score (nSPS) is 20.8. The second-order valence-corrected chi connectivity index (χ2v) is 8.03. The summed E-state index contributed by atoms with van der Waals surface area (Å²) in [7, 11) is 0. The average molecular weight is 370 g/mol. The minimum absolute atomic E-state index is 0.199. The Morgan fingerprint density at radius 2 is 1.85 bits per heavy atom. The first-order valence-corrected chi connectivity index (χ1v) is 9.34. The molecule has 2 aliphatic heterocycles. The molecule has 0 radical (unpaired) electrons. The van der Waals surface area contributed by atoms with Gasteiger partial charge in [0, 0.05) is 19.5 Å². The van der Waals surface area contributed by atoms with Crippen LogP contribution in [-0.4, -0.2) is 41.5 Å². The summed E-state index contributed by atoms with van der Waals surface area (Å²) < 4.78 is 5.41. The number of ether oxygens (including phenoxy) is 1. The Labute approximate surface area is 159 Å². The van der Waals surface area contributed by atoms with Crippen LogP contribution in [0.1, 0.15) is 57.1 Å². The van der Waals surface area contributed by atoms with Crippen molar-refractivity contribution in [1.82, 2.24) is 10.2 Å². The van der Waals surface area contributed by atoms with Crippen molar-refractivity contribution in [1.29, 1.82) is 0 Å². The van der Waals surface area contributed by atoms with Crippen LogP contribution in [-0.2, 0) is 14.3 Å². The van der Waals surface area contributed by atoms with Gasteiger partial charge < -0.3 is 9.64 Å². The number of imide groups is 1. The lowest BCUT2D eigenvalue weighted by Crippen LogP contribution is -2.39. The first kappa shape index (κ1) is 19.1. The molecule has 144 valence electrons. The molecule has 0 aliphatic carbocycles. The van der Waals surface area contributed by atoms with Crippen molar-refractivity contribution in [2.24, 2.45) is 0 Å². The van der Waals surface area contributed by atoms with Crippen LogP contribution in [0.4, 0.5) is 4.79 Å². The molecule has 0 spiro atoms. The molecule has 1 aromatic rings. The van der Waals surface area contributed by atoms with Crippen molar-refractivity contribution in [2.75, 3.05) is 13.1 Å². The Kier molecular flexibility index (Phi) is 5.35. The topological polar surface area (TPSA) is 75.7 Å². The predicted octanol–water partition coefficient (Wildman–Crippen LogP) is 3.23. The van der Waals surface area contributed by atoms with Crippen LogP contribution in [0.5, 0.6) is 0 Å². The molecule has 3 rings (SSSR count). The third-order valence-corrected chi connectivity index (χ3v) is 4.78. The number of rotatable bonds is 2. The molecule has 0 bridgehead atoms. The first-order valence-electron chi connectivity index (χ1n) is 9.34. The van der Waals surface area contributed by atoms with Gasteiger partial charge in [-0.25, -0.2) is 4.79 Å². The van der Waals surface area contributed by atoms with E-state index < -0.39 is 5.60 Å². The largest absolute Gasteiger partial charge is 0.444 e. The summed E-state index contributed by atoms with van der Waals surface area (Å²) in [5.74, 6) is -0.682. The second kappa shape index (κ2) is 7.55. The van der Waals surface area contributed by atoms with Gasteiger partial charge in [0.1, 0.15) is 5.60 Å². The summed E-state index contributed by atoms with van der Waals surface area (Å²) in [6.07, 6.45) is 3.46. The molecule has 6 heteroatoms. The second-order valence-electron chi connectivity index (χ2n) is 8.03. The first-order chi connectivity index (χ1) is 12.7. The van der Waals surface area contributed by atoms with Gasteiger partial charge >= 0.3 is 6.09 Å². The Hall–Kier alpha value is -2.63. The van der Waals surface area contributed by atoms with Gasteiger partial charge in [0.2, 0.25) is 11.8 Å². The molecule has 1 atom stereocenters. The number of nitrogens with one attached hydrogen (secondary N) is 1. The van der Waals surface area contributed by atoms with Crippen LogP contribution >= 0.6 is 0 Å². The summed E-state index contributed by atoms with van der Waals surface area (Å²) in [4.78, 5) is 37.1. The van der Waals surface area contributed by atoms with Crippen molar-refractivity contribution < 1.29 is 19.1 Å². The highest BCUT2D eigenvalue weighted by Crippen LogP contribution is 2.28. The molecule has 2 heterocycles. The van der Waals surface area contributed by atoms with E-state index in [1.165, 1.54) is 5.57 Å². The van der Waals surface area contributed by atoms with Gasteiger partial charge in [-0.3, -0.25) is 14.9 Å². The number of nitrogens with zero attached hydrogens (tertiary/aromatic N) is 1. The number of carbonyl (C=O) groups is 3. The molecular formula is C21H26N2O4. The highest BCUT2D eigenvalue weighted by Gasteiger charge is 2.28. The third kappa shape index (κ3) is 4.76. The number of amides is 3. The zero-order chi connectivity index (χ0) is 19.6. The van der Waals surface area contributed by atoms with E-state index in [0.717, 1.165) is 17.5 Å². The van der Waals surface area contributed by atoms with Gasteiger partial charge in [0.25, 0.3) is 0 Å². The fourth-order valence-corrected chi connectivity index (χ4v) is 3.36. The van der Waals surface area contributed by atoms with Crippen LogP contribution < -0.4 is 5.32 Å². The van der Waals surface area contributed by atoms with E-state index in [1.807, 2.05) is 45.0 Å². The molecular weight excluding hydrogens is 344 g/mol. The van der Waals surface area contributed by atoms with Gasteiger partial charge in [0.05, 0.1) is 5.92 Å². The SMILES string of the molecule is CC(C)(C)OC(=O)N1CC=C(c2ccc(C3CCC(=O)NC3=O)cc2)CC1. The Morgan fingerprint density at radius 1 is 1.15 bits per heavy atom. The minimum Gasteiger partial charge on any atom is -0.444 e. The maximum absolute atomic E-state index is 12.1. The van der Waals surface area contributed by atoms with Crippen molar-refractivity contribution in [3.63, 3.8) is 0 Å². The van der Waals surface area contributed by atoms with E-state index in [1.54, 1.807) is 4.90 Å². The minimum atomic E-state index is -0.493. The Bertz CT molecular complexity index is 774. The zero-order valence-corrected chi connectivity index (χ0v) is 16.1. The Balaban J connectivity index is 1.64. The summed E-state index contributed by atoms with van der Waals surface area (Å²) in [6, 6.07) is 7.93. The van der Waals surface area contributed by atoms with E-state index in [9.17, 15) is 14.4 Å². The molecule has 1 N–H and O–H groups in total. The molecule has 2 aliphatic rings. The fraction of sp³-hybridized carbons (Fsp3) is 0.476. The van der Waals surface area contributed by atoms with Crippen molar-refractivity contribution in [3.05, 3.63) is 41.5 Å². The third-order valence-electron chi connectivity index (χ3n) is 4.78. The molecule has 27 heavy (non-hydrogen) atoms. The maximum atomic E-state index is 12.1. The molecule has 1 aromatic carbocycles. The van der Waals surface area contributed by atoms with E-state index in [2.05, 4.69) is 11.4 Å². The van der Waals surface area contributed by atoms with E-state index in [4.69, 9.17) is 4.74 Å². The van der Waals surface area contributed by atoms with Crippen molar-refractivity contribution in [3.8, 4) is 0 Å². The molecule has 1 saturated heterocycles. The highest BCUT2D eigenvalue weighted by atomic mass is 16.6. The predicted molar refractivity (Wildman–Crippen MR) is 102 cm³/mol. The molecule has 1 unspecified atom stereocenters. The number of hydrogen-bond acceptors (Lipinski definition) is 4. The van der Waals surface area contributed by atoms with Crippen LogP contribution in [0.15, 0.2) is 30.3 Å². The van der Waals surface area contributed by atoms with Crippen LogP contribution in [0, 0.1) is 0 Å². The zero-order valence-electron chi connectivity index (χ0n) is 16.1. The summed E-state index contributed by atoms with van der Waals surface area (Å²) >= 11 is 0. The molecule has 0 aromatic heterocycles. The van der Waals surface area contributed by atoms with Gasteiger partial charge in [-0.15, -0.1) is 0 Å². The average Bonchev–Trinajstić information content (AvgIpc) is 2.61. The number of benzene rings is 1. The van der Waals surface area contributed by atoms with Gasteiger partial charge in [-0.2, -0.15) is 0 Å². The molecule has 0 saturated carbocycles. The lowest BCUT2D eigenvalue weighted by Gasteiger charge is -2.29. The smallest absolute Gasteiger partial charge is 0.410 e.